The molecule has 0 heterocycles. The third-order valence-electron chi connectivity index (χ3n) is 3.63. The van der Waals surface area contributed by atoms with Crippen molar-refractivity contribution in [3.63, 3.8) is 0 Å². The second kappa shape index (κ2) is 6.96. The first-order valence-electron chi connectivity index (χ1n) is 7.48. The summed E-state index contributed by atoms with van der Waals surface area (Å²) in [7, 11) is -3.95. The minimum Gasteiger partial charge on any atom is -0.444 e. The number of carbonyl (C=O) groups excluding carboxylic acids is 1. The lowest BCUT2D eigenvalue weighted by Crippen LogP contribution is -2.51. The Bertz CT molecular complexity index is 446. The van der Waals surface area contributed by atoms with Crippen LogP contribution in [0.5, 0.6) is 0 Å². The fourth-order valence-corrected chi connectivity index (χ4v) is 3.29. The molecule has 1 rings (SSSR count). The van der Waals surface area contributed by atoms with Gasteiger partial charge in [0.2, 0.25) is 0 Å². The molecule has 21 heavy (non-hydrogen) atoms. The van der Waals surface area contributed by atoms with Crippen LogP contribution in [0, 0.1) is 0 Å². The van der Waals surface area contributed by atoms with Gasteiger partial charge in [0.05, 0.1) is 5.75 Å². The molecule has 0 aromatic heterocycles. The molecule has 1 saturated carbocycles. The van der Waals surface area contributed by atoms with E-state index in [4.69, 9.17) is 9.29 Å². The van der Waals surface area contributed by atoms with Gasteiger partial charge in [-0.3, -0.25) is 4.55 Å². The minimum absolute atomic E-state index is 0.273. The summed E-state index contributed by atoms with van der Waals surface area (Å²) in [5.74, 6) is -0.273. The third kappa shape index (κ3) is 7.66. The fraction of sp³-hybridized carbons (Fsp3) is 0.929. The lowest BCUT2D eigenvalue weighted by Gasteiger charge is -2.38. The Labute approximate surface area is 127 Å². The van der Waals surface area contributed by atoms with E-state index in [1.807, 2.05) is 0 Å². The van der Waals surface area contributed by atoms with E-state index in [0.717, 1.165) is 32.1 Å². The van der Waals surface area contributed by atoms with Crippen molar-refractivity contribution in [1.29, 1.82) is 0 Å². The molecule has 0 unspecified atom stereocenters. The molecule has 0 spiro atoms. The van der Waals surface area contributed by atoms with Gasteiger partial charge in [0, 0.05) is 5.54 Å². The highest BCUT2D eigenvalue weighted by molar-refractivity contribution is 7.85. The lowest BCUT2D eigenvalue weighted by molar-refractivity contribution is 0.0415. The Kier molecular flexibility index (Phi) is 6.04. The Hall–Kier alpha value is -0.820. The summed E-state index contributed by atoms with van der Waals surface area (Å²) in [5, 5.41) is 2.94. The van der Waals surface area contributed by atoms with Crippen molar-refractivity contribution >= 4 is 16.2 Å². The molecule has 1 aliphatic rings. The van der Waals surface area contributed by atoms with Crippen molar-refractivity contribution in [2.45, 2.75) is 76.9 Å². The molecule has 0 aromatic rings. The van der Waals surface area contributed by atoms with Crippen molar-refractivity contribution in [2.24, 2.45) is 0 Å². The topological polar surface area (TPSA) is 92.7 Å². The largest absolute Gasteiger partial charge is 0.444 e. The van der Waals surface area contributed by atoms with Crippen LogP contribution in [0.15, 0.2) is 0 Å². The highest BCUT2D eigenvalue weighted by atomic mass is 32.2. The van der Waals surface area contributed by atoms with Crippen LogP contribution in [0.2, 0.25) is 0 Å². The molecule has 0 aromatic carbocycles. The number of ether oxygens (including phenoxy) is 1. The van der Waals surface area contributed by atoms with Crippen LogP contribution in [0.4, 0.5) is 4.79 Å². The zero-order chi connectivity index (χ0) is 16.1. The van der Waals surface area contributed by atoms with E-state index < -0.39 is 27.4 Å². The second-order valence-electron chi connectivity index (χ2n) is 6.86. The van der Waals surface area contributed by atoms with Gasteiger partial charge in [-0.1, -0.05) is 19.3 Å². The third-order valence-corrected chi connectivity index (χ3v) is 4.44. The van der Waals surface area contributed by atoms with Gasteiger partial charge in [-0.25, -0.2) is 4.79 Å². The van der Waals surface area contributed by atoms with E-state index >= 15 is 0 Å². The fourth-order valence-electron chi connectivity index (χ4n) is 2.78. The predicted molar refractivity (Wildman–Crippen MR) is 80.8 cm³/mol. The maximum atomic E-state index is 12.0. The smallest absolute Gasteiger partial charge is 0.408 e. The summed E-state index contributed by atoms with van der Waals surface area (Å²) in [5.41, 5.74) is -0.973. The van der Waals surface area contributed by atoms with Crippen LogP contribution in [-0.4, -0.2) is 36.0 Å². The van der Waals surface area contributed by atoms with E-state index in [-0.39, 0.29) is 5.75 Å². The number of alkyl carbamates (subject to hydrolysis) is 1. The number of amides is 1. The standard InChI is InChI=1S/C14H27NO5S/c1-13(2,3)20-12(16)15-14(8-5-4-6-9-14)10-7-11-21(17,18)19/h4-11H2,1-3H3,(H,15,16)(H,17,18,19). The summed E-state index contributed by atoms with van der Waals surface area (Å²) >= 11 is 0. The Morgan fingerprint density at radius 1 is 1.24 bits per heavy atom. The highest BCUT2D eigenvalue weighted by Gasteiger charge is 2.34. The molecule has 6 nitrogen and oxygen atoms in total. The molecule has 124 valence electrons. The molecule has 0 radical (unpaired) electrons. The van der Waals surface area contributed by atoms with Gasteiger partial charge >= 0.3 is 6.09 Å². The zero-order valence-corrected chi connectivity index (χ0v) is 14.0. The Morgan fingerprint density at radius 2 is 1.81 bits per heavy atom. The van der Waals surface area contributed by atoms with Crippen molar-refractivity contribution in [3.8, 4) is 0 Å². The van der Waals surface area contributed by atoms with E-state index in [1.165, 1.54) is 0 Å². The first-order valence-corrected chi connectivity index (χ1v) is 9.09. The van der Waals surface area contributed by atoms with E-state index in [1.54, 1.807) is 20.8 Å². The van der Waals surface area contributed by atoms with Crippen molar-refractivity contribution in [2.75, 3.05) is 5.75 Å². The number of hydrogen-bond donors (Lipinski definition) is 2. The number of hydrogen-bond acceptors (Lipinski definition) is 4. The van der Waals surface area contributed by atoms with Crippen molar-refractivity contribution in [3.05, 3.63) is 0 Å². The zero-order valence-electron chi connectivity index (χ0n) is 13.1. The van der Waals surface area contributed by atoms with Crippen LogP contribution in [0.3, 0.4) is 0 Å². The molecule has 2 N–H and O–H groups in total. The molecule has 0 atom stereocenters. The van der Waals surface area contributed by atoms with E-state index in [0.29, 0.717) is 12.8 Å². The molecule has 1 aliphatic carbocycles. The lowest BCUT2D eigenvalue weighted by atomic mass is 9.79. The minimum atomic E-state index is -3.95. The first-order chi connectivity index (χ1) is 9.52. The van der Waals surface area contributed by atoms with Crippen molar-refractivity contribution < 1.29 is 22.5 Å². The van der Waals surface area contributed by atoms with Gasteiger partial charge in [0.15, 0.2) is 0 Å². The van der Waals surface area contributed by atoms with Crippen LogP contribution in [-0.2, 0) is 14.9 Å². The van der Waals surface area contributed by atoms with E-state index in [9.17, 15) is 13.2 Å². The maximum absolute atomic E-state index is 12.0. The van der Waals surface area contributed by atoms with Crippen LogP contribution in [0.25, 0.3) is 0 Å². The summed E-state index contributed by atoms with van der Waals surface area (Å²) < 4.78 is 35.8. The predicted octanol–water partition coefficient (Wildman–Crippen LogP) is 2.88. The maximum Gasteiger partial charge on any atom is 0.408 e. The van der Waals surface area contributed by atoms with Crippen LogP contribution >= 0.6 is 0 Å². The average molecular weight is 321 g/mol. The van der Waals surface area contributed by atoms with Gasteiger partial charge in [0.25, 0.3) is 10.1 Å². The van der Waals surface area contributed by atoms with E-state index in [2.05, 4.69) is 5.32 Å². The van der Waals surface area contributed by atoms with Gasteiger partial charge in [0.1, 0.15) is 5.60 Å². The quantitative estimate of drug-likeness (QED) is 0.760. The van der Waals surface area contributed by atoms with Crippen LogP contribution < -0.4 is 5.32 Å². The molecule has 1 fully saturated rings. The Balaban J connectivity index is 2.63. The van der Waals surface area contributed by atoms with Gasteiger partial charge in [-0.15, -0.1) is 0 Å². The number of carbonyl (C=O) groups is 1. The van der Waals surface area contributed by atoms with Crippen LogP contribution in [0.1, 0.15) is 65.7 Å². The number of rotatable bonds is 5. The monoisotopic (exact) mass is 321 g/mol. The number of nitrogens with one attached hydrogen (secondary N) is 1. The average Bonchev–Trinajstić information content (AvgIpc) is 2.25. The first kappa shape index (κ1) is 18.2. The van der Waals surface area contributed by atoms with Gasteiger partial charge < -0.3 is 10.1 Å². The van der Waals surface area contributed by atoms with Gasteiger partial charge in [-0.2, -0.15) is 8.42 Å². The molecule has 7 heteroatoms. The normalized spacial score (nSPS) is 19.0. The van der Waals surface area contributed by atoms with Gasteiger partial charge in [-0.05, 0) is 46.5 Å². The Morgan fingerprint density at radius 3 is 2.29 bits per heavy atom. The van der Waals surface area contributed by atoms with Crippen molar-refractivity contribution in [1.82, 2.24) is 5.32 Å². The highest BCUT2D eigenvalue weighted by Crippen LogP contribution is 2.32. The summed E-state index contributed by atoms with van der Waals surface area (Å²) in [4.78, 5) is 12.0. The molecular formula is C14H27NO5S. The SMILES string of the molecule is CC(C)(C)OC(=O)NC1(CCCS(=O)(=O)O)CCCCC1. The molecule has 0 saturated heterocycles. The second-order valence-corrected chi connectivity index (χ2v) is 8.43. The molecule has 0 bridgehead atoms. The summed E-state index contributed by atoms with van der Waals surface area (Å²) in [6.45, 7) is 5.41. The summed E-state index contributed by atoms with van der Waals surface area (Å²) in [6.07, 6.45) is 5.16. The molecule has 0 aliphatic heterocycles. The summed E-state index contributed by atoms with van der Waals surface area (Å²) in [6, 6.07) is 0. The molecule has 1 amide bonds. The molecular weight excluding hydrogens is 294 g/mol.